The number of carboxylic acids is 1. The van der Waals surface area contributed by atoms with E-state index in [9.17, 15) is 9.90 Å². The van der Waals surface area contributed by atoms with Crippen molar-refractivity contribution < 1.29 is 19.5 Å². The average molecular weight is 513 g/mol. The third-order valence-corrected chi connectivity index (χ3v) is 6.75. The molecule has 37 heavy (non-hydrogen) atoms. The highest BCUT2D eigenvalue weighted by Gasteiger charge is 2.19. The van der Waals surface area contributed by atoms with Gasteiger partial charge in [-0.05, 0) is 60.9 Å². The van der Waals surface area contributed by atoms with E-state index < -0.39 is 11.2 Å². The van der Waals surface area contributed by atoms with Crippen molar-refractivity contribution in [1.29, 1.82) is 0 Å². The SMILES string of the molecule is C/C(=N/OCCOc1ccc(CC(Sc2ccccc2)C(=O)O)cc1)c1ccc(-c2ccccn2)cc1. The normalized spacial score (nSPS) is 12.1. The van der Waals surface area contributed by atoms with Crippen LogP contribution < -0.4 is 4.74 Å². The highest BCUT2D eigenvalue weighted by Crippen LogP contribution is 2.26. The van der Waals surface area contributed by atoms with Crippen LogP contribution in [-0.2, 0) is 16.1 Å². The van der Waals surface area contributed by atoms with Crippen molar-refractivity contribution in [2.24, 2.45) is 5.16 Å². The fourth-order valence-corrected chi connectivity index (χ4v) is 4.61. The van der Waals surface area contributed by atoms with E-state index >= 15 is 0 Å². The number of carboxylic acid groups (broad SMARTS) is 1. The Labute approximate surface area is 221 Å². The van der Waals surface area contributed by atoms with Crippen molar-refractivity contribution in [3.8, 4) is 17.0 Å². The molecule has 0 spiro atoms. The number of aliphatic carboxylic acids is 1. The first-order valence-corrected chi connectivity index (χ1v) is 12.8. The van der Waals surface area contributed by atoms with Gasteiger partial charge in [0.05, 0.1) is 11.4 Å². The number of aromatic nitrogens is 1. The Kier molecular flexibility index (Phi) is 9.32. The molecule has 0 fully saturated rings. The number of hydrogen-bond acceptors (Lipinski definition) is 6. The third-order valence-electron chi connectivity index (χ3n) is 5.55. The van der Waals surface area contributed by atoms with Crippen LogP contribution in [0.15, 0.2) is 113 Å². The summed E-state index contributed by atoms with van der Waals surface area (Å²) in [6.45, 7) is 2.55. The zero-order chi connectivity index (χ0) is 25.9. The Hall–Kier alpha value is -4.10. The molecule has 0 saturated heterocycles. The summed E-state index contributed by atoms with van der Waals surface area (Å²) in [5, 5.41) is 13.2. The smallest absolute Gasteiger partial charge is 0.317 e. The molecule has 1 atom stereocenters. The minimum Gasteiger partial charge on any atom is -0.490 e. The molecule has 6 nitrogen and oxygen atoms in total. The van der Waals surface area contributed by atoms with Gasteiger partial charge in [0.1, 0.15) is 17.6 Å². The Morgan fingerprint density at radius 2 is 1.65 bits per heavy atom. The summed E-state index contributed by atoms with van der Waals surface area (Å²) in [7, 11) is 0. The molecule has 1 unspecified atom stereocenters. The van der Waals surface area contributed by atoms with Gasteiger partial charge in [0.25, 0.3) is 0 Å². The molecule has 1 aromatic heterocycles. The lowest BCUT2D eigenvalue weighted by Crippen LogP contribution is -2.19. The van der Waals surface area contributed by atoms with E-state index in [1.54, 1.807) is 6.20 Å². The third kappa shape index (κ3) is 7.95. The first-order chi connectivity index (χ1) is 18.1. The van der Waals surface area contributed by atoms with Crippen LogP contribution in [0.2, 0.25) is 0 Å². The van der Waals surface area contributed by atoms with Gasteiger partial charge in [-0.2, -0.15) is 0 Å². The van der Waals surface area contributed by atoms with E-state index in [1.165, 1.54) is 11.8 Å². The number of oxime groups is 1. The van der Waals surface area contributed by atoms with Crippen LogP contribution in [-0.4, -0.2) is 40.2 Å². The molecule has 4 aromatic rings. The molecule has 0 saturated carbocycles. The summed E-state index contributed by atoms with van der Waals surface area (Å²) in [6.07, 6.45) is 2.20. The topological polar surface area (TPSA) is 81.0 Å². The van der Waals surface area contributed by atoms with Gasteiger partial charge in [-0.3, -0.25) is 9.78 Å². The maximum absolute atomic E-state index is 11.7. The van der Waals surface area contributed by atoms with E-state index in [2.05, 4.69) is 10.1 Å². The maximum Gasteiger partial charge on any atom is 0.317 e. The molecule has 0 radical (unpaired) electrons. The zero-order valence-electron chi connectivity index (χ0n) is 20.5. The minimum atomic E-state index is -0.827. The predicted octanol–water partition coefficient (Wildman–Crippen LogP) is 6.36. The number of thioether (sulfide) groups is 1. The summed E-state index contributed by atoms with van der Waals surface area (Å²) in [6, 6.07) is 30.9. The van der Waals surface area contributed by atoms with Crippen LogP contribution in [0.5, 0.6) is 5.75 Å². The van der Waals surface area contributed by atoms with Crippen molar-refractivity contribution in [1.82, 2.24) is 4.98 Å². The van der Waals surface area contributed by atoms with Crippen molar-refractivity contribution in [3.05, 3.63) is 114 Å². The van der Waals surface area contributed by atoms with Gasteiger partial charge in [0, 0.05) is 16.7 Å². The molecule has 1 N–H and O–H groups in total. The number of nitrogens with zero attached hydrogens (tertiary/aromatic N) is 2. The number of hydrogen-bond donors (Lipinski definition) is 1. The van der Waals surface area contributed by atoms with Gasteiger partial charge < -0.3 is 14.7 Å². The second-order valence-electron chi connectivity index (χ2n) is 8.26. The first-order valence-electron chi connectivity index (χ1n) is 11.9. The number of carbonyl (C=O) groups is 1. The Morgan fingerprint density at radius 3 is 2.32 bits per heavy atom. The lowest BCUT2D eigenvalue weighted by Gasteiger charge is -2.13. The average Bonchev–Trinajstić information content (AvgIpc) is 2.94. The molecule has 1 heterocycles. The second-order valence-corrected chi connectivity index (χ2v) is 9.53. The van der Waals surface area contributed by atoms with Gasteiger partial charge in [0.2, 0.25) is 0 Å². The summed E-state index contributed by atoms with van der Waals surface area (Å²) in [5.74, 6) is -0.132. The molecule has 7 heteroatoms. The maximum atomic E-state index is 11.7. The second kappa shape index (κ2) is 13.3. The Bertz CT molecular complexity index is 1300. The summed E-state index contributed by atoms with van der Waals surface area (Å²) in [4.78, 5) is 22.4. The summed E-state index contributed by atoms with van der Waals surface area (Å²) in [5.41, 5.74) is 4.66. The molecule has 0 aliphatic heterocycles. The summed E-state index contributed by atoms with van der Waals surface area (Å²) < 4.78 is 5.74. The molecule has 3 aromatic carbocycles. The quantitative estimate of drug-likeness (QED) is 0.103. The fourth-order valence-electron chi connectivity index (χ4n) is 3.59. The standard InChI is InChI=1S/C30H28N2O4S/c1-22(24-12-14-25(15-13-24)28-9-5-6-18-31-28)32-36-20-19-35-26-16-10-23(11-17-26)21-29(30(33)34)37-27-7-3-2-4-8-27/h2-18,29H,19-21H2,1H3,(H,33,34)/b32-22-. The van der Waals surface area contributed by atoms with Crippen LogP contribution in [0.3, 0.4) is 0 Å². The Morgan fingerprint density at radius 1 is 0.919 bits per heavy atom. The van der Waals surface area contributed by atoms with Crippen LogP contribution in [0.25, 0.3) is 11.3 Å². The molecule has 0 bridgehead atoms. The highest BCUT2D eigenvalue weighted by atomic mass is 32.2. The van der Waals surface area contributed by atoms with Crippen LogP contribution in [0.4, 0.5) is 0 Å². The molecule has 4 rings (SSSR count). The zero-order valence-corrected chi connectivity index (χ0v) is 21.3. The summed E-state index contributed by atoms with van der Waals surface area (Å²) >= 11 is 1.35. The lowest BCUT2D eigenvalue weighted by atomic mass is 10.1. The molecule has 0 aliphatic carbocycles. The van der Waals surface area contributed by atoms with E-state index in [0.717, 1.165) is 33.0 Å². The molecule has 0 aliphatic rings. The monoisotopic (exact) mass is 512 g/mol. The van der Waals surface area contributed by atoms with Crippen molar-refractivity contribution in [3.63, 3.8) is 0 Å². The molecular weight excluding hydrogens is 484 g/mol. The van der Waals surface area contributed by atoms with Crippen molar-refractivity contribution in [2.75, 3.05) is 13.2 Å². The van der Waals surface area contributed by atoms with Gasteiger partial charge >= 0.3 is 5.97 Å². The molecule has 0 amide bonds. The van der Waals surface area contributed by atoms with Crippen molar-refractivity contribution in [2.45, 2.75) is 23.5 Å². The van der Waals surface area contributed by atoms with Crippen molar-refractivity contribution >= 4 is 23.4 Å². The highest BCUT2D eigenvalue weighted by molar-refractivity contribution is 8.00. The predicted molar refractivity (Wildman–Crippen MR) is 147 cm³/mol. The first kappa shape index (κ1) is 26.0. The number of pyridine rings is 1. The van der Waals surface area contributed by atoms with E-state index in [0.29, 0.717) is 25.4 Å². The number of benzene rings is 3. The fraction of sp³-hybridized carbons (Fsp3) is 0.167. The number of ether oxygens (including phenoxy) is 1. The van der Waals surface area contributed by atoms with Gasteiger partial charge in [-0.25, -0.2) is 0 Å². The van der Waals surface area contributed by atoms with Crippen LogP contribution in [0, 0.1) is 0 Å². The van der Waals surface area contributed by atoms with Crippen LogP contribution in [0.1, 0.15) is 18.1 Å². The largest absolute Gasteiger partial charge is 0.490 e. The molecule has 188 valence electrons. The number of rotatable bonds is 12. The van der Waals surface area contributed by atoms with Crippen LogP contribution >= 0.6 is 11.8 Å². The van der Waals surface area contributed by atoms with E-state index in [1.807, 2.05) is 104 Å². The van der Waals surface area contributed by atoms with Gasteiger partial charge in [-0.1, -0.05) is 65.8 Å². The Balaban J connectivity index is 1.21. The van der Waals surface area contributed by atoms with E-state index in [-0.39, 0.29) is 0 Å². The van der Waals surface area contributed by atoms with Gasteiger partial charge in [-0.15, -0.1) is 11.8 Å². The van der Waals surface area contributed by atoms with E-state index in [4.69, 9.17) is 9.57 Å². The van der Waals surface area contributed by atoms with Gasteiger partial charge in [0.15, 0.2) is 6.61 Å². The lowest BCUT2D eigenvalue weighted by molar-refractivity contribution is -0.136. The molecular formula is C30H28N2O4S. The minimum absolute atomic E-state index is 0.305.